The van der Waals surface area contributed by atoms with E-state index in [1.165, 1.54) is 13.2 Å². The van der Waals surface area contributed by atoms with Crippen LogP contribution < -0.4 is 4.74 Å². The number of carbonyl (C=O) groups is 1. The highest BCUT2D eigenvalue weighted by atomic mass is 16.6. The van der Waals surface area contributed by atoms with Crippen LogP contribution in [0.2, 0.25) is 0 Å². The predicted octanol–water partition coefficient (Wildman–Crippen LogP) is 1.88. The number of fused-ring (bicyclic) bond motifs is 1. The van der Waals surface area contributed by atoms with Crippen molar-refractivity contribution < 1.29 is 19.1 Å². The number of oxime groups is 1. The van der Waals surface area contributed by atoms with Gasteiger partial charge in [0.1, 0.15) is 12.9 Å². The number of benzene rings is 1. The Morgan fingerprint density at radius 2 is 2.22 bits per heavy atom. The van der Waals surface area contributed by atoms with Gasteiger partial charge >= 0.3 is 5.97 Å². The molecule has 18 heavy (non-hydrogen) atoms. The van der Waals surface area contributed by atoms with Crippen LogP contribution >= 0.6 is 0 Å². The summed E-state index contributed by atoms with van der Waals surface area (Å²) in [5.41, 5.74) is 1.27. The second-order valence-electron chi connectivity index (χ2n) is 3.48. The molecule has 1 aromatic carbocycles. The van der Waals surface area contributed by atoms with Gasteiger partial charge in [0, 0.05) is 0 Å². The zero-order valence-corrected chi connectivity index (χ0v) is 10.2. The van der Waals surface area contributed by atoms with Crippen molar-refractivity contribution in [3.05, 3.63) is 41.7 Å². The topological polar surface area (TPSA) is 57.1 Å². The van der Waals surface area contributed by atoms with E-state index >= 15 is 0 Å². The number of esters is 1. The summed E-state index contributed by atoms with van der Waals surface area (Å²) in [4.78, 5) is 16.2. The van der Waals surface area contributed by atoms with Crippen molar-refractivity contribution in [2.75, 3.05) is 13.7 Å². The van der Waals surface area contributed by atoms with Gasteiger partial charge in [-0.2, -0.15) is 0 Å². The van der Waals surface area contributed by atoms with Crippen LogP contribution in [0.15, 0.2) is 41.3 Å². The SMILES string of the molecule is CCOC(=O)C=C1Oc2ccccc2C1=NOC. The Hall–Kier alpha value is -2.30. The molecular formula is C13H13NO4. The standard InChI is InChI=1S/C13H13NO4/c1-3-17-12(15)8-11-13(14-16-2)9-6-4-5-7-10(9)18-11/h4-8H,3H2,1-2H3. The van der Waals surface area contributed by atoms with Gasteiger partial charge in [0.2, 0.25) is 0 Å². The van der Waals surface area contributed by atoms with Crippen LogP contribution in [0.25, 0.3) is 0 Å². The van der Waals surface area contributed by atoms with E-state index in [4.69, 9.17) is 14.3 Å². The summed E-state index contributed by atoms with van der Waals surface area (Å²) in [6, 6.07) is 7.35. The van der Waals surface area contributed by atoms with E-state index in [2.05, 4.69) is 5.16 Å². The van der Waals surface area contributed by atoms with Gasteiger partial charge in [-0.1, -0.05) is 17.3 Å². The number of hydrogen-bond donors (Lipinski definition) is 0. The molecule has 0 aliphatic carbocycles. The van der Waals surface area contributed by atoms with Crippen LogP contribution in [-0.4, -0.2) is 25.4 Å². The quantitative estimate of drug-likeness (QED) is 0.465. The third kappa shape index (κ3) is 2.34. The van der Waals surface area contributed by atoms with E-state index in [0.29, 0.717) is 23.8 Å². The Bertz CT molecular complexity index is 519. The summed E-state index contributed by atoms with van der Waals surface area (Å²) < 4.78 is 10.4. The Balaban J connectivity index is 2.35. The minimum Gasteiger partial charge on any atom is -0.463 e. The highest BCUT2D eigenvalue weighted by Crippen LogP contribution is 2.31. The largest absolute Gasteiger partial charge is 0.463 e. The lowest BCUT2D eigenvalue weighted by molar-refractivity contribution is -0.137. The van der Waals surface area contributed by atoms with Gasteiger partial charge in [-0.15, -0.1) is 0 Å². The molecule has 0 saturated heterocycles. The molecule has 2 rings (SSSR count). The Morgan fingerprint density at radius 3 is 2.94 bits per heavy atom. The summed E-state index contributed by atoms with van der Waals surface area (Å²) in [5, 5.41) is 3.88. The molecule has 1 aliphatic heterocycles. The summed E-state index contributed by atoms with van der Waals surface area (Å²) in [5.74, 6) is 0.504. The number of para-hydroxylation sites is 1. The third-order valence-corrected chi connectivity index (χ3v) is 2.31. The van der Waals surface area contributed by atoms with E-state index in [0.717, 1.165) is 5.56 Å². The molecule has 1 heterocycles. The maximum absolute atomic E-state index is 11.4. The molecule has 0 atom stereocenters. The lowest BCUT2D eigenvalue weighted by Crippen LogP contribution is -2.07. The van der Waals surface area contributed by atoms with Crippen molar-refractivity contribution in [1.29, 1.82) is 0 Å². The predicted molar refractivity (Wildman–Crippen MR) is 65.3 cm³/mol. The molecule has 1 aliphatic rings. The summed E-state index contributed by atoms with van der Waals surface area (Å²) in [6.07, 6.45) is 1.27. The van der Waals surface area contributed by atoms with Gasteiger partial charge in [-0.25, -0.2) is 4.79 Å². The van der Waals surface area contributed by atoms with Crippen molar-refractivity contribution in [3.8, 4) is 5.75 Å². The van der Waals surface area contributed by atoms with E-state index in [9.17, 15) is 4.79 Å². The fourth-order valence-electron chi connectivity index (χ4n) is 1.63. The van der Waals surface area contributed by atoms with E-state index < -0.39 is 5.97 Å². The van der Waals surface area contributed by atoms with Crippen LogP contribution in [0.3, 0.4) is 0 Å². The number of rotatable bonds is 3. The number of ether oxygens (including phenoxy) is 2. The second kappa shape index (κ2) is 5.35. The Morgan fingerprint density at radius 1 is 1.44 bits per heavy atom. The smallest absolute Gasteiger partial charge is 0.334 e. The van der Waals surface area contributed by atoms with Gasteiger partial charge in [-0.3, -0.25) is 0 Å². The summed E-state index contributed by atoms with van der Waals surface area (Å²) in [6.45, 7) is 2.05. The van der Waals surface area contributed by atoms with E-state index in [1.54, 1.807) is 13.0 Å². The molecule has 5 heteroatoms. The molecule has 5 nitrogen and oxygen atoms in total. The molecule has 0 saturated carbocycles. The highest BCUT2D eigenvalue weighted by Gasteiger charge is 2.26. The lowest BCUT2D eigenvalue weighted by atomic mass is 10.1. The van der Waals surface area contributed by atoms with Gasteiger partial charge < -0.3 is 14.3 Å². The molecule has 1 aromatic rings. The maximum Gasteiger partial charge on any atom is 0.334 e. The molecule has 94 valence electrons. The average Bonchev–Trinajstić information content (AvgIpc) is 2.68. The minimum absolute atomic E-state index is 0.312. The van der Waals surface area contributed by atoms with Crippen LogP contribution in [0.1, 0.15) is 12.5 Å². The summed E-state index contributed by atoms with van der Waals surface area (Å²) >= 11 is 0. The normalized spacial score (nSPS) is 17.4. The first-order chi connectivity index (χ1) is 8.76. The molecule has 0 radical (unpaired) electrons. The molecule has 0 spiro atoms. The van der Waals surface area contributed by atoms with E-state index in [1.807, 2.05) is 18.2 Å². The number of nitrogens with zero attached hydrogens (tertiary/aromatic N) is 1. The Kier molecular flexibility index (Phi) is 3.62. The monoisotopic (exact) mass is 247 g/mol. The first kappa shape index (κ1) is 12.2. The third-order valence-electron chi connectivity index (χ3n) is 2.31. The molecule has 0 aromatic heterocycles. The Labute approximate surface area is 105 Å². The molecule has 0 bridgehead atoms. The van der Waals surface area contributed by atoms with Crippen LogP contribution in [0.5, 0.6) is 5.75 Å². The van der Waals surface area contributed by atoms with Crippen molar-refractivity contribution in [3.63, 3.8) is 0 Å². The number of carbonyl (C=O) groups excluding carboxylic acids is 1. The second-order valence-corrected chi connectivity index (χ2v) is 3.48. The summed E-state index contributed by atoms with van der Waals surface area (Å²) in [7, 11) is 1.44. The highest BCUT2D eigenvalue weighted by molar-refractivity contribution is 6.17. The first-order valence-corrected chi connectivity index (χ1v) is 5.53. The zero-order chi connectivity index (χ0) is 13.0. The van der Waals surface area contributed by atoms with E-state index in [-0.39, 0.29) is 0 Å². The molecule has 0 fully saturated rings. The van der Waals surface area contributed by atoms with Gasteiger partial charge in [-0.05, 0) is 19.1 Å². The molecule has 0 amide bonds. The van der Waals surface area contributed by atoms with Crippen molar-refractivity contribution in [1.82, 2.24) is 0 Å². The molecule has 0 N–H and O–H groups in total. The van der Waals surface area contributed by atoms with Crippen molar-refractivity contribution >= 4 is 11.7 Å². The van der Waals surface area contributed by atoms with Gasteiger partial charge in [0.05, 0.1) is 18.2 Å². The van der Waals surface area contributed by atoms with Gasteiger partial charge in [0.15, 0.2) is 11.5 Å². The number of hydrogen-bond acceptors (Lipinski definition) is 5. The van der Waals surface area contributed by atoms with Crippen LogP contribution in [0, 0.1) is 0 Å². The molecular weight excluding hydrogens is 234 g/mol. The number of allylic oxidation sites excluding steroid dienone is 1. The first-order valence-electron chi connectivity index (χ1n) is 5.53. The maximum atomic E-state index is 11.4. The molecule has 0 unspecified atom stereocenters. The lowest BCUT2D eigenvalue weighted by Gasteiger charge is -2.00. The minimum atomic E-state index is -0.468. The van der Waals surface area contributed by atoms with Crippen LogP contribution in [-0.2, 0) is 14.4 Å². The fourth-order valence-corrected chi connectivity index (χ4v) is 1.63. The van der Waals surface area contributed by atoms with Gasteiger partial charge in [0.25, 0.3) is 0 Å². The fraction of sp³-hybridized carbons (Fsp3) is 0.231. The zero-order valence-electron chi connectivity index (χ0n) is 10.2. The van der Waals surface area contributed by atoms with Crippen molar-refractivity contribution in [2.24, 2.45) is 5.16 Å². The average molecular weight is 247 g/mol. The van der Waals surface area contributed by atoms with Crippen molar-refractivity contribution in [2.45, 2.75) is 6.92 Å². The van der Waals surface area contributed by atoms with Crippen LogP contribution in [0.4, 0.5) is 0 Å².